The zero-order valence-corrected chi connectivity index (χ0v) is 18.9. The Kier molecular flexibility index (Phi) is 5.52. The third kappa shape index (κ3) is 3.35. The lowest BCUT2D eigenvalue weighted by molar-refractivity contribution is 0.414. The molecule has 0 amide bonds. The van der Waals surface area contributed by atoms with Gasteiger partial charge >= 0.3 is 0 Å². The largest absolute Gasteiger partial charge is 0.495 e. The number of hydrogen-bond donors (Lipinski definition) is 1. The molecule has 0 aliphatic carbocycles. The van der Waals surface area contributed by atoms with Crippen molar-refractivity contribution in [2.45, 2.75) is 45.8 Å². The van der Waals surface area contributed by atoms with Crippen molar-refractivity contribution in [2.75, 3.05) is 12.0 Å². The predicted octanol–water partition coefficient (Wildman–Crippen LogP) is 5.27. The molecule has 1 N–H and O–H groups in total. The molecule has 0 radical (unpaired) electrons. The quantitative estimate of drug-likeness (QED) is 0.570. The molecule has 1 aliphatic rings. The van der Waals surface area contributed by atoms with Gasteiger partial charge in [-0.1, -0.05) is 18.2 Å². The van der Waals surface area contributed by atoms with E-state index in [4.69, 9.17) is 17.0 Å². The lowest BCUT2D eigenvalue weighted by Crippen LogP contribution is -2.30. The molecule has 30 heavy (non-hydrogen) atoms. The first-order chi connectivity index (χ1) is 14.4. The first-order valence-electron chi connectivity index (χ1n) is 10.3. The van der Waals surface area contributed by atoms with Crippen molar-refractivity contribution < 1.29 is 4.74 Å². The second kappa shape index (κ2) is 8.11. The highest BCUT2D eigenvalue weighted by molar-refractivity contribution is 7.80. The van der Waals surface area contributed by atoms with Crippen molar-refractivity contribution in [1.82, 2.24) is 14.9 Å². The Morgan fingerprint density at radius 3 is 2.47 bits per heavy atom. The highest BCUT2D eigenvalue weighted by Gasteiger charge is 2.43. The van der Waals surface area contributed by atoms with Gasteiger partial charge in [0.2, 0.25) is 0 Å². The summed E-state index contributed by atoms with van der Waals surface area (Å²) < 4.78 is 8.06. The molecule has 6 heteroatoms. The maximum Gasteiger partial charge on any atom is 0.174 e. The molecule has 2 aromatic heterocycles. The predicted molar refractivity (Wildman–Crippen MR) is 125 cm³/mol. The third-order valence-electron chi connectivity index (χ3n) is 5.80. The van der Waals surface area contributed by atoms with Crippen molar-refractivity contribution in [1.29, 1.82) is 0 Å². The Balaban J connectivity index is 1.92. The number of methoxy groups -OCH3 is 1. The Hall–Kier alpha value is -2.86. The maximum absolute atomic E-state index is 5.84. The molecule has 1 aromatic carbocycles. The summed E-state index contributed by atoms with van der Waals surface area (Å²) in [7, 11) is 1.70. The monoisotopic (exact) mass is 420 g/mol. The van der Waals surface area contributed by atoms with Crippen molar-refractivity contribution in [3.05, 3.63) is 77.4 Å². The third-order valence-corrected chi connectivity index (χ3v) is 6.12. The molecule has 3 heterocycles. The zero-order chi connectivity index (χ0) is 21.4. The van der Waals surface area contributed by atoms with Crippen molar-refractivity contribution in [3.63, 3.8) is 0 Å². The highest BCUT2D eigenvalue weighted by atomic mass is 32.1. The molecule has 1 fully saturated rings. The van der Waals surface area contributed by atoms with E-state index in [1.165, 1.54) is 17.0 Å². The van der Waals surface area contributed by atoms with Crippen LogP contribution in [0.4, 0.5) is 5.69 Å². The number of para-hydroxylation sites is 2. The summed E-state index contributed by atoms with van der Waals surface area (Å²) in [5.74, 6) is 0.797. The van der Waals surface area contributed by atoms with E-state index in [0.717, 1.165) is 17.1 Å². The van der Waals surface area contributed by atoms with Crippen molar-refractivity contribution in [3.8, 4) is 5.75 Å². The van der Waals surface area contributed by atoms with E-state index < -0.39 is 0 Å². The van der Waals surface area contributed by atoms with Gasteiger partial charge in [-0.3, -0.25) is 4.98 Å². The van der Waals surface area contributed by atoms with Crippen LogP contribution in [0.3, 0.4) is 0 Å². The summed E-state index contributed by atoms with van der Waals surface area (Å²) >= 11 is 5.84. The standard InChI is InChI=1S/C24H28N4OS/c1-15(2)27-16(3)14-18(17(27)4)23-22(19-10-8-9-13-25-19)26-24(30)28(23)20-11-6-7-12-21(20)29-5/h6-15,22-23H,1-5H3,(H,26,30)/t22-,23+/m0/s1. The van der Waals surface area contributed by atoms with Crippen LogP contribution in [0, 0.1) is 13.8 Å². The van der Waals surface area contributed by atoms with Gasteiger partial charge in [-0.2, -0.15) is 0 Å². The van der Waals surface area contributed by atoms with Crippen LogP contribution in [0.15, 0.2) is 54.7 Å². The van der Waals surface area contributed by atoms with E-state index in [1.54, 1.807) is 7.11 Å². The molecule has 0 spiro atoms. The van der Waals surface area contributed by atoms with E-state index in [-0.39, 0.29) is 12.1 Å². The van der Waals surface area contributed by atoms with Gasteiger partial charge in [-0.25, -0.2) is 0 Å². The maximum atomic E-state index is 5.84. The van der Waals surface area contributed by atoms with Gasteiger partial charge in [0.25, 0.3) is 0 Å². The number of ether oxygens (including phenoxy) is 1. The second-order valence-electron chi connectivity index (χ2n) is 7.96. The van der Waals surface area contributed by atoms with Gasteiger partial charge in [0.05, 0.1) is 30.6 Å². The normalized spacial score (nSPS) is 18.7. The van der Waals surface area contributed by atoms with Gasteiger partial charge in [-0.05, 0) is 75.8 Å². The summed E-state index contributed by atoms with van der Waals surface area (Å²) in [5, 5.41) is 4.21. The van der Waals surface area contributed by atoms with Gasteiger partial charge in [0.15, 0.2) is 5.11 Å². The second-order valence-corrected chi connectivity index (χ2v) is 8.35. The summed E-state index contributed by atoms with van der Waals surface area (Å²) in [4.78, 5) is 6.83. The van der Waals surface area contributed by atoms with Crippen LogP contribution >= 0.6 is 12.2 Å². The SMILES string of the molecule is COc1ccccc1N1C(=S)N[C@@H](c2ccccn2)[C@H]1c1cc(C)n(C(C)C)c1C. The van der Waals surface area contributed by atoms with Gasteiger partial charge < -0.3 is 19.5 Å². The minimum atomic E-state index is -0.0651. The van der Waals surface area contributed by atoms with E-state index in [9.17, 15) is 0 Å². The van der Waals surface area contributed by atoms with Crippen LogP contribution in [0.2, 0.25) is 0 Å². The van der Waals surface area contributed by atoms with E-state index in [0.29, 0.717) is 11.2 Å². The van der Waals surface area contributed by atoms with Crippen LogP contribution in [-0.4, -0.2) is 21.8 Å². The molecule has 3 aromatic rings. The summed E-state index contributed by atoms with van der Waals surface area (Å²) in [6.45, 7) is 8.80. The number of pyridine rings is 1. The fraction of sp³-hybridized carbons (Fsp3) is 0.333. The molecule has 4 rings (SSSR count). The fourth-order valence-corrected chi connectivity index (χ4v) is 4.99. The first kappa shape index (κ1) is 20.4. The molecule has 5 nitrogen and oxygen atoms in total. The molecule has 2 atom stereocenters. The van der Waals surface area contributed by atoms with Gasteiger partial charge in [-0.15, -0.1) is 0 Å². The number of anilines is 1. The van der Waals surface area contributed by atoms with Crippen molar-refractivity contribution >= 4 is 23.0 Å². The minimum absolute atomic E-state index is 0.0394. The number of benzene rings is 1. The lowest BCUT2D eigenvalue weighted by Gasteiger charge is -2.29. The van der Waals surface area contributed by atoms with Crippen LogP contribution in [0.1, 0.15) is 54.6 Å². The van der Waals surface area contributed by atoms with Crippen LogP contribution in [0.25, 0.3) is 0 Å². The Labute approximate surface area is 183 Å². The summed E-state index contributed by atoms with van der Waals surface area (Å²) in [6.07, 6.45) is 1.83. The zero-order valence-electron chi connectivity index (χ0n) is 18.1. The van der Waals surface area contributed by atoms with Gasteiger partial charge in [0.1, 0.15) is 5.75 Å². The number of thiocarbonyl (C=S) groups is 1. The van der Waals surface area contributed by atoms with E-state index in [1.807, 2.05) is 36.5 Å². The Morgan fingerprint density at radius 2 is 1.83 bits per heavy atom. The molecular weight excluding hydrogens is 392 g/mol. The van der Waals surface area contributed by atoms with E-state index >= 15 is 0 Å². The highest BCUT2D eigenvalue weighted by Crippen LogP contribution is 2.45. The fourth-order valence-electron chi connectivity index (χ4n) is 4.66. The van der Waals surface area contributed by atoms with Crippen molar-refractivity contribution in [2.24, 2.45) is 0 Å². The molecule has 1 aliphatic heterocycles. The number of nitrogens with zero attached hydrogens (tertiary/aromatic N) is 3. The average molecular weight is 421 g/mol. The number of aryl methyl sites for hydroxylation is 1. The van der Waals surface area contributed by atoms with Crippen LogP contribution in [0.5, 0.6) is 5.75 Å². The Morgan fingerprint density at radius 1 is 1.10 bits per heavy atom. The van der Waals surface area contributed by atoms with E-state index in [2.05, 4.69) is 65.7 Å². The molecule has 0 saturated carbocycles. The van der Waals surface area contributed by atoms with Crippen LogP contribution in [-0.2, 0) is 0 Å². The number of aromatic nitrogens is 2. The summed E-state index contributed by atoms with van der Waals surface area (Å²) in [6, 6.07) is 16.6. The lowest BCUT2D eigenvalue weighted by atomic mass is 9.96. The molecule has 1 saturated heterocycles. The summed E-state index contributed by atoms with van der Waals surface area (Å²) in [5.41, 5.74) is 5.66. The van der Waals surface area contributed by atoms with Crippen LogP contribution < -0.4 is 15.0 Å². The topological polar surface area (TPSA) is 42.3 Å². The average Bonchev–Trinajstić information content (AvgIpc) is 3.23. The minimum Gasteiger partial charge on any atom is -0.495 e. The van der Waals surface area contributed by atoms with Gasteiger partial charge in [0, 0.05) is 23.6 Å². The number of hydrogen-bond acceptors (Lipinski definition) is 3. The molecule has 156 valence electrons. The number of rotatable bonds is 5. The molecule has 0 unspecified atom stereocenters. The molecule has 0 bridgehead atoms. The molecular formula is C24H28N4OS. The number of nitrogens with one attached hydrogen (secondary N) is 1. The first-order valence-corrected chi connectivity index (χ1v) is 10.7. The Bertz CT molecular complexity index is 1060. The smallest absolute Gasteiger partial charge is 0.174 e.